The van der Waals surface area contributed by atoms with E-state index in [4.69, 9.17) is 11.6 Å². The first kappa shape index (κ1) is 15.0. The third kappa shape index (κ3) is 3.19. The Bertz CT molecular complexity index is 648. The van der Waals surface area contributed by atoms with Gasteiger partial charge in [0, 0.05) is 21.7 Å². The number of carbonyl (C=O) groups is 1. The summed E-state index contributed by atoms with van der Waals surface area (Å²) in [4.78, 5) is 14.1. The van der Waals surface area contributed by atoms with Crippen LogP contribution in [0, 0.1) is 5.82 Å². The fourth-order valence-corrected chi connectivity index (χ4v) is 2.75. The van der Waals surface area contributed by atoms with Crippen molar-refractivity contribution in [2.24, 2.45) is 0 Å². The molecule has 0 aromatic heterocycles. The SMILES string of the molecule is CCN(C(=O)c1ccc(Cl)cc1Br)c1cccc(F)c1. The van der Waals surface area contributed by atoms with Crippen LogP contribution in [0.5, 0.6) is 0 Å². The summed E-state index contributed by atoms with van der Waals surface area (Å²) < 4.78 is 13.9. The summed E-state index contributed by atoms with van der Waals surface area (Å²) in [6.07, 6.45) is 0. The van der Waals surface area contributed by atoms with Gasteiger partial charge in [-0.2, -0.15) is 0 Å². The third-order valence-electron chi connectivity index (χ3n) is 2.84. The van der Waals surface area contributed by atoms with Gasteiger partial charge in [0.25, 0.3) is 5.91 Å². The predicted molar refractivity (Wildman–Crippen MR) is 82.9 cm³/mol. The number of halogens is 3. The van der Waals surface area contributed by atoms with E-state index in [-0.39, 0.29) is 11.7 Å². The molecule has 20 heavy (non-hydrogen) atoms. The van der Waals surface area contributed by atoms with Crippen molar-refractivity contribution in [1.29, 1.82) is 0 Å². The number of nitrogens with zero attached hydrogens (tertiary/aromatic N) is 1. The molecule has 2 aromatic rings. The Morgan fingerprint density at radius 1 is 1.30 bits per heavy atom. The monoisotopic (exact) mass is 355 g/mol. The van der Waals surface area contributed by atoms with Gasteiger partial charge in [-0.15, -0.1) is 0 Å². The first-order valence-electron chi connectivity index (χ1n) is 6.05. The van der Waals surface area contributed by atoms with E-state index in [9.17, 15) is 9.18 Å². The molecule has 0 spiro atoms. The van der Waals surface area contributed by atoms with Crippen molar-refractivity contribution in [1.82, 2.24) is 0 Å². The van der Waals surface area contributed by atoms with Crippen molar-refractivity contribution in [3.8, 4) is 0 Å². The number of anilines is 1. The Labute approximate surface area is 130 Å². The van der Waals surface area contributed by atoms with Crippen LogP contribution in [0.25, 0.3) is 0 Å². The van der Waals surface area contributed by atoms with Crippen molar-refractivity contribution in [3.63, 3.8) is 0 Å². The average Bonchev–Trinajstić information content (AvgIpc) is 2.39. The van der Waals surface area contributed by atoms with Crippen LogP contribution in [0.2, 0.25) is 5.02 Å². The van der Waals surface area contributed by atoms with Crippen LogP contribution < -0.4 is 4.90 Å². The Kier molecular flexibility index (Phi) is 4.78. The fraction of sp³-hybridized carbons (Fsp3) is 0.133. The number of amides is 1. The van der Waals surface area contributed by atoms with Gasteiger partial charge in [0.1, 0.15) is 5.82 Å². The number of hydrogen-bond acceptors (Lipinski definition) is 1. The second-order valence-electron chi connectivity index (χ2n) is 4.15. The molecule has 0 aliphatic carbocycles. The van der Waals surface area contributed by atoms with Crippen LogP contribution >= 0.6 is 27.5 Å². The van der Waals surface area contributed by atoms with Crippen molar-refractivity contribution < 1.29 is 9.18 Å². The molecular weight excluding hydrogens is 345 g/mol. The van der Waals surface area contributed by atoms with Gasteiger partial charge in [-0.3, -0.25) is 4.79 Å². The molecule has 0 unspecified atom stereocenters. The summed E-state index contributed by atoms with van der Waals surface area (Å²) >= 11 is 9.19. The predicted octanol–water partition coefficient (Wildman–Crippen LogP) is 4.91. The summed E-state index contributed by atoms with van der Waals surface area (Å²) in [7, 11) is 0. The lowest BCUT2D eigenvalue weighted by molar-refractivity contribution is 0.0987. The summed E-state index contributed by atoms with van der Waals surface area (Å²) in [6, 6.07) is 10.9. The zero-order valence-electron chi connectivity index (χ0n) is 10.7. The van der Waals surface area contributed by atoms with Crippen molar-refractivity contribution in [2.75, 3.05) is 11.4 Å². The zero-order chi connectivity index (χ0) is 14.7. The summed E-state index contributed by atoms with van der Waals surface area (Å²) in [5.74, 6) is -0.578. The molecule has 0 bridgehead atoms. The molecule has 0 N–H and O–H groups in total. The lowest BCUT2D eigenvalue weighted by Crippen LogP contribution is -2.30. The van der Waals surface area contributed by atoms with E-state index in [0.29, 0.717) is 27.3 Å². The highest BCUT2D eigenvalue weighted by Crippen LogP contribution is 2.25. The molecule has 0 saturated carbocycles. The molecular formula is C15H12BrClFNO. The number of hydrogen-bond donors (Lipinski definition) is 0. The van der Waals surface area contributed by atoms with Crippen LogP contribution in [0.3, 0.4) is 0 Å². The topological polar surface area (TPSA) is 20.3 Å². The van der Waals surface area contributed by atoms with E-state index in [1.54, 1.807) is 30.3 Å². The van der Waals surface area contributed by atoms with Crippen molar-refractivity contribution >= 4 is 39.1 Å². The molecule has 1 amide bonds. The Morgan fingerprint density at radius 3 is 2.65 bits per heavy atom. The maximum absolute atomic E-state index is 13.3. The van der Waals surface area contributed by atoms with Crippen molar-refractivity contribution in [2.45, 2.75) is 6.92 Å². The fourth-order valence-electron chi connectivity index (χ4n) is 1.90. The maximum atomic E-state index is 13.3. The van der Waals surface area contributed by atoms with Gasteiger partial charge in [-0.05, 0) is 59.3 Å². The Hall–Kier alpha value is -1.39. The van der Waals surface area contributed by atoms with Crippen molar-refractivity contribution in [3.05, 3.63) is 63.3 Å². The van der Waals surface area contributed by atoms with Gasteiger partial charge in [-0.1, -0.05) is 17.7 Å². The third-order valence-corrected chi connectivity index (χ3v) is 3.73. The van der Waals surface area contributed by atoms with Crippen LogP contribution in [-0.2, 0) is 0 Å². The minimum absolute atomic E-state index is 0.207. The quantitative estimate of drug-likeness (QED) is 0.765. The smallest absolute Gasteiger partial charge is 0.259 e. The van der Waals surface area contributed by atoms with Crippen LogP contribution in [0.1, 0.15) is 17.3 Å². The number of benzene rings is 2. The number of carbonyl (C=O) groups excluding carboxylic acids is 1. The molecule has 0 fully saturated rings. The molecule has 0 aliphatic heterocycles. The first-order valence-corrected chi connectivity index (χ1v) is 7.22. The second-order valence-corrected chi connectivity index (χ2v) is 5.44. The molecule has 2 rings (SSSR count). The van der Waals surface area contributed by atoms with E-state index in [0.717, 1.165) is 0 Å². The Morgan fingerprint density at radius 2 is 2.05 bits per heavy atom. The highest BCUT2D eigenvalue weighted by molar-refractivity contribution is 9.10. The van der Waals surface area contributed by atoms with Gasteiger partial charge in [0.2, 0.25) is 0 Å². The molecule has 5 heteroatoms. The molecule has 0 radical (unpaired) electrons. The number of rotatable bonds is 3. The van der Waals surface area contributed by atoms with Gasteiger partial charge < -0.3 is 4.90 Å². The summed E-state index contributed by atoms with van der Waals surface area (Å²) in [5, 5.41) is 0.544. The summed E-state index contributed by atoms with van der Waals surface area (Å²) in [5.41, 5.74) is 1.01. The average molecular weight is 357 g/mol. The largest absolute Gasteiger partial charge is 0.309 e. The summed E-state index contributed by atoms with van der Waals surface area (Å²) in [6.45, 7) is 2.28. The standard InChI is InChI=1S/C15H12BrClFNO/c1-2-19(12-5-3-4-11(18)9-12)15(20)13-7-6-10(17)8-14(13)16/h3-9H,2H2,1H3. The van der Waals surface area contributed by atoms with E-state index in [1.165, 1.54) is 17.0 Å². The molecule has 0 heterocycles. The second kappa shape index (κ2) is 6.37. The van der Waals surface area contributed by atoms with E-state index < -0.39 is 0 Å². The van der Waals surface area contributed by atoms with Crippen LogP contribution in [0.4, 0.5) is 10.1 Å². The lowest BCUT2D eigenvalue weighted by Gasteiger charge is -2.21. The highest BCUT2D eigenvalue weighted by atomic mass is 79.9. The van der Waals surface area contributed by atoms with Gasteiger partial charge >= 0.3 is 0 Å². The molecule has 0 aliphatic rings. The zero-order valence-corrected chi connectivity index (χ0v) is 13.1. The maximum Gasteiger partial charge on any atom is 0.259 e. The van der Waals surface area contributed by atoms with Crippen LogP contribution in [-0.4, -0.2) is 12.5 Å². The van der Waals surface area contributed by atoms with E-state index in [2.05, 4.69) is 15.9 Å². The van der Waals surface area contributed by atoms with E-state index in [1.807, 2.05) is 6.92 Å². The van der Waals surface area contributed by atoms with E-state index >= 15 is 0 Å². The highest BCUT2D eigenvalue weighted by Gasteiger charge is 2.19. The molecule has 0 atom stereocenters. The first-order chi connectivity index (χ1) is 9.52. The minimum atomic E-state index is -0.371. The van der Waals surface area contributed by atoms with Gasteiger partial charge in [0.05, 0.1) is 5.56 Å². The molecule has 104 valence electrons. The normalized spacial score (nSPS) is 10.4. The van der Waals surface area contributed by atoms with Gasteiger partial charge in [0.15, 0.2) is 0 Å². The van der Waals surface area contributed by atoms with Gasteiger partial charge in [-0.25, -0.2) is 4.39 Å². The molecule has 0 saturated heterocycles. The molecule has 2 nitrogen and oxygen atoms in total. The van der Waals surface area contributed by atoms with Crippen LogP contribution in [0.15, 0.2) is 46.9 Å². The minimum Gasteiger partial charge on any atom is -0.309 e. The Balaban J connectivity index is 2.39. The molecule has 2 aromatic carbocycles. The lowest BCUT2D eigenvalue weighted by atomic mass is 10.1.